The Morgan fingerprint density at radius 2 is 2.00 bits per heavy atom. The van der Waals surface area contributed by atoms with E-state index in [1.54, 1.807) is 0 Å². The lowest BCUT2D eigenvalue weighted by Gasteiger charge is -2.20. The fourth-order valence-electron chi connectivity index (χ4n) is 1.52. The highest BCUT2D eigenvalue weighted by atomic mass is 16.5. The van der Waals surface area contributed by atoms with E-state index in [9.17, 15) is 0 Å². The molecule has 0 atom stereocenters. The normalized spacial score (nSPS) is 10.3. The van der Waals surface area contributed by atoms with E-state index >= 15 is 0 Å². The van der Waals surface area contributed by atoms with E-state index in [-0.39, 0.29) is 0 Å². The molecule has 1 aromatic rings. The predicted octanol–water partition coefficient (Wildman–Crippen LogP) is 2.14. The molecule has 0 fully saturated rings. The molecular formula is C13H22N2O2. The summed E-state index contributed by atoms with van der Waals surface area (Å²) in [5, 5.41) is 0. The number of hydrogen-bond acceptors (Lipinski definition) is 4. The van der Waals surface area contributed by atoms with Gasteiger partial charge in [-0.15, -0.1) is 0 Å². The predicted molar refractivity (Wildman–Crippen MR) is 71.8 cm³/mol. The first kappa shape index (κ1) is 13.6. The largest absolute Gasteiger partial charge is 0.492 e. The van der Waals surface area contributed by atoms with Crippen LogP contribution in [0, 0.1) is 0 Å². The van der Waals surface area contributed by atoms with Crippen molar-refractivity contribution < 1.29 is 9.47 Å². The number of rotatable bonds is 7. The van der Waals surface area contributed by atoms with Crippen LogP contribution in [0.25, 0.3) is 0 Å². The summed E-state index contributed by atoms with van der Waals surface area (Å²) < 4.78 is 10.8. The Bertz CT molecular complexity index is 342. The molecular weight excluding hydrogens is 216 g/mol. The van der Waals surface area contributed by atoms with Gasteiger partial charge >= 0.3 is 0 Å². The fourth-order valence-corrected chi connectivity index (χ4v) is 1.52. The number of ether oxygens (including phenoxy) is 2. The molecule has 0 aromatic heterocycles. The molecule has 0 aliphatic rings. The Labute approximate surface area is 103 Å². The molecule has 1 rings (SSSR count). The number of anilines is 2. The standard InChI is InChI=1S/C13H22N2O2/c1-4-16-9-8-15(3)11-6-7-12(14)13(10-11)17-5-2/h6-7,10H,4-5,8-9,14H2,1-3H3. The zero-order valence-corrected chi connectivity index (χ0v) is 10.9. The van der Waals surface area contributed by atoms with Gasteiger partial charge in [0.1, 0.15) is 5.75 Å². The van der Waals surface area contributed by atoms with Crippen molar-refractivity contribution in [1.29, 1.82) is 0 Å². The third kappa shape index (κ3) is 4.15. The Morgan fingerprint density at radius 1 is 1.24 bits per heavy atom. The first-order valence-corrected chi connectivity index (χ1v) is 6.00. The Kier molecular flexibility index (Phi) is 5.63. The van der Waals surface area contributed by atoms with Crippen LogP contribution in [0.4, 0.5) is 11.4 Å². The highest BCUT2D eigenvalue weighted by Gasteiger charge is 2.05. The van der Waals surface area contributed by atoms with Gasteiger partial charge in [-0.3, -0.25) is 0 Å². The number of hydrogen-bond donors (Lipinski definition) is 1. The van der Waals surface area contributed by atoms with Gasteiger partial charge in [-0.2, -0.15) is 0 Å². The summed E-state index contributed by atoms with van der Waals surface area (Å²) in [6, 6.07) is 5.83. The molecule has 1 aromatic carbocycles. The summed E-state index contributed by atoms with van der Waals surface area (Å²) in [6.45, 7) is 6.89. The molecule has 0 saturated heterocycles. The van der Waals surface area contributed by atoms with Crippen molar-refractivity contribution in [2.24, 2.45) is 0 Å². The quantitative estimate of drug-likeness (QED) is 0.584. The van der Waals surface area contributed by atoms with E-state index < -0.39 is 0 Å². The Morgan fingerprint density at radius 3 is 2.65 bits per heavy atom. The summed E-state index contributed by atoms with van der Waals surface area (Å²) in [5.74, 6) is 0.744. The van der Waals surface area contributed by atoms with Crippen molar-refractivity contribution >= 4 is 11.4 Å². The molecule has 4 heteroatoms. The van der Waals surface area contributed by atoms with E-state index in [2.05, 4.69) is 4.90 Å². The second-order valence-corrected chi connectivity index (χ2v) is 3.77. The molecule has 0 radical (unpaired) electrons. The summed E-state index contributed by atoms with van der Waals surface area (Å²) in [6.07, 6.45) is 0. The fraction of sp³-hybridized carbons (Fsp3) is 0.538. The van der Waals surface area contributed by atoms with Gasteiger partial charge in [0.2, 0.25) is 0 Å². The highest BCUT2D eigenvalue weighted by Crippen LogP contribution is 2.27. The van der Waals surface area contributed by atoms with Crippen LogP contribution in [0.5, 0.6) is 5.75 Å². The monoisotopic (exact) mass is 238 g/mol. The van der Waals surface area contributed by atoms with Crippen molar-refractivity contribution in [2.75, 3.05) is 44.0 Å². The van der Waals surface area contributed by atoms with Gasteiger partial charge in [0.05, 0.1) is 18.9 Å². The highest BCUT2D eigenvalue weighted by molar-refractivity contribution is 5.62. The maximum Gasteiger partial charge on any atom is 0.144 e. The van der Waals surface area contributed by atoms with Crippen LogP contribution in [0.1, 0.15) is 13.8 Å². The number of nitrogens with two attached hydrogens (primary N) is 1. The van der Waals surface area contributed by atoms with Crippen molar-refractivity contribution in [2.45, 2.75) is 13.8 Å². The summed E-state index contributed by atoms with van der Waals surface area (Å²) >= 11 is 0. The first-order chi connectivity index (χ1) is 8.19. The average Bonchev–Trinajstić information content (AvgIpc) is 2.32. The van der Waals surface area contributed by atoms with Crippen molar-refractivity contribution in [3.8, 4) is 5.75 Å². The molecule has 0 aliphatic carbocycles. The SMILES string of the molecule is CCOCCN(C)c1ccc(N)c(OCC)c1. The van der Waals surface area contributed by atoms with Crippen molar-refractivity contribution in [3.05, 3.63) is 18.2 Å². The van der Waals surface area contributed by atoms with Gasteiger partial charge in [-0.05, 0) is 26.0 Å². The third-order valence-electron chi connectivity index (χ3n) is 2.51. The zero-order chi connectivity index (χ0) is 12.7. The number of likely N-dealkylation sites (N-methyl/N-ethyl adjacent to an activating group) is 1. The second kappa shape index (κ2) is 7.01. The van der Waals surface area contributed by atoms with Gasteiger partial charge in [0.15, 0.2) is 0 Å². The van der Waals surface area contributed by atoms with Crippen LogP contribution >= 0.6 is 0 Å². The minimum absolute atomic E-state index is 0.621. The van der Waals surface area contributed by atoms with Crippen LogP contribution < -0.4 is 15.4 Å². The Balaban J connectivity index is 2.66. The van der Waals surface area contributed by atoms with Crippen LogP contribution in [-0.2, 0) is 4.74 Å². The molecule has 2 N–H and O–H groups in total. The van der Waals surface area contributed by atoms with Gasteiger partial charge < -0.3 is 20.1 Å². The molecule has 0 unspecified atom stereocenters. The average molecular weight is 238 g/mol. The van der Waals surface area contributed by atoms with E-state index in [0.29, 0.717) is 12.3 Å². The van der Waals surface area contributed by atoms with Crippen LogP contribution in [0.15, 0.2) is 18.2 Å². The van der Waals surface area contributed by atoms with E-state index in [1.165, 1.54) is 0 Å². The molecule has 17 heavy (non-hydrogen) atoms. The third-order valence-corrected chi connectivity index (χ3v) is 2.51. The molecule has 0 bridgehead atoms. The molecule has 0 aliphatic heterocycles. The lowest BCUT2D eigenvalue weighted by molar-refractivity contribution is 0.154. The van der Waals surface area contributed by atoms with Crippen LogP contribution in [0.3, 0.4) is 0 Å². The lowest BCUT2D eigenvalue weighted by atomic mass is 10.2. The van der Waals surface area contributed by atoms with Crippen LogP contribution in [0.2, 0.25) is 0 Å². The second-order valence-electron chi connectivity index (χ2n) is 3.77. The molecule has 0 saturated carbocycles. The molecule has 0 spiro atoms. The molecule has 96 valence electrons. The summed E-state index contributed by atoms with van der Waals surface area (Å²) in [5.41, 5.74) is 7.59. The maximum atomic E-state index is 5.83. The van der Waals surface area contributed by atoms with Gasteiger partial charge in [0.25, 0.3) is 0 Å². The smallest absolute Gasteiger partial charge is 0.144 e. The van der Waals surface area contributed by atoms with E-state index in [0.717, 1.165) is 31.2 Å². The molecule has 0 amide bonds. The number of nitrogen functional groups attached to an aromatic ring is 1. The number of benzene rings is 1. The summed E-state index contributed by atoms with van der Waals surface area (Å²) in [4.78, 5) is 2.12. The van der Waals surface area contributed by atoms with E-state index in [4.69, 9.17) is 15.2 Å². The zero-order valence-electron chi connectivity index (χ0n) is 10.9. The van der Waals surface area contributed by atoms with Gasteiger partial charge in [0, 0.05) is 32.0 Å². The molecule has 4 nitrogen and oxygen atoms in total. The van der Waals surface area contributed by atoms with Gasteiger partial charge in [-0.25, -0.2) is 0 Å². The maximum absolute atomic E-state index is 5.83. The minimum Gasteiger partial charge on any atom is -0.492 e. The minimum atomic E-state index is 0.621. The first-order valence-electron chi connectivity index (χ1n) is 6.00. The van der Waals surface area contributed by atoms with E-state index in [1.807, 2.05) is 39.1 Å². The van der Waals surface area contributed by atoms with Crippen molar-refractivity contribution in [1.82, 2.24) is 0 Å². The molecule has 0 heterocycles. The summed E-state index contributed by atoms with van der Waals surface area (Å²) in [7, 11) is 2.03. The van der Waals surface area contributed by atoms with Crippen molar-refractivity contribution in [3.63, 3.8) is 0 Å². The van der Waals surface area contributed by atoms with Crippen LogP contribution in [-0.4, -0.2) is 33.4 Å². The topological polar surface area (TPSA) is 47.7 Å². The Hall–Kier alpha value is -1.42. The lowest BCUT2D eigenvalue weighted by Crippen LogP contribution is -2.22. The van der Waals surface area contributed by atoms with Gasteiger partial charge in [-0.1, -0.05) is 0 Å². The number of nitrogens with zero attached hydrogens (tertiary/aromatic N) is 1.